The van der Waals surface area contributed by atoms with E-state index in [1.165, 1.54) is 11.8 Å². The van der Waals surface area contributed by atoms with Gasteiger partial charge in [-0.25, -0.2) is 10.4 Å². The van der Waals surface area contributed by atoms with E-state index in [2.05, 4.69) is 22.4 Å². The third kappa shape index (κ3) is 6.86. The van der Waals surface area contributed by atoms with Crippen LogP contribution in [0.4, 0.5) is 0 Å². The number of hydrogen-bond acceptors (Lipinski definition) is 6. The van der Waals surface area contributed by atoms with Crippen LogP contribution < -0.4 is 15.7 Å². The van der Waals surface area contributed by atoms with Crippen molar-refractivity contribution in [2.75, 3.05) is 12.4 Å². The smallest absolute Gasteiger partial charge is 0.266 e. The molecule has 0 aliphatic heterocycles. The van der Waals surface area contributed by atoms with Crippen LogP contribution in [0.1, 0.15) is 37.3 Å². The SMILES string of the molecule is CCCCCOc1ccc(C=NNC(=O)CSc2nc3ccccc3c(=O)n2-c2ccccc2C)cc1. The first-order valence-corrected chi connectivity index (χ1v) is 13.3. The van der Waals surface area contributed by atoms with Gasteiger partial charge in [0.15, 0.2) is 5.16 Å². The van der Waals surface area contributed by atoms with Gasteiger partial charge in [-0.2, -0.15) is 5.10 Å². The first-order valence-electron chi connectivity index (χ1n) is 12.3. The molecule has 1 aromatic heterocycles. The van der Waals surface area contributed by atoms with Crippen LogP contribution in [-0.2, 0) is 4.79 Å². The molecule has 8 heteroatoms. The van der Waals surface area contributed by atoms with E-state index in [1.807, 2.05) is 67.6 Å². The summed E-state index contributed by atoms with van der Waals surface area (Å²) in [4.78, 5) is 30.6. The van der Waals surface area contributed by atoms with Crippen molar-refractivity contribution in [2.45, 2.75) is 38.3 Å². The van der Waals surface area contributed by atoms with Crippen LogP contribution in [-0.4, -0.2) is 34.0 Å². The van der Waals surface area contributed by atoms with Gasteiger partial charge in [-0.1, -0.05) is 61.9 Å². The second-order valence-electron chi connectivity index (χ2n) is 8.55. The van der Waals surface area contributed by atoms with E-state index in [0.717, 1.165) is 41.8 Å². The zero-order valence-corrected chi connectivity index (χ0v) is 21.8. The van der Waals surface area contributed by atoms with Crippen LogP contribution in [0.3, 0.4) is 0 Å². The molecule has 37 heavy (non-hydrogen) atoms. The molecule has 3 aromatic carbocycles. The van der Waals surface area contributed by atoms with E-state index < -0.39 is 0 Å². The first kappa shape index (κ1) is 26.2. The molecular weight excluding hydrogens is 484 g/mol. The maximum Gasteiger partial charge on any atom is 0.266 e. The van der Waals surface area contributed by atoms with Gasteiger partial charge in [-0.3, -0.25) is 14.2 Å². The second-order valence-corrected chi connectivity index (χ2v) is 9.49. The van der Waals surface area contributed by atoms with E-state index in [1.54, 1.807) is 22.9 Å². The molecule has 190 valence electrons. The number of carbonyl (C=O) groups excluding carboxylic acids is 1. The zero-order chi connectivity index (χ0) is 26.0. The Kier molecular flexibility index (Phi) is 9.10. The van der Waals surface area contributed by atoms with Crippen molar-refractivity contribution in [2.24, 2.45) is 5.10 Å². The molecule has 0 bridgehead atoms. The number of hydrazone groups is 1. The molecule has 0 unspecified atom stereocenters. The highest BCUT2D eigenvalue weighted by Gasteiger charge is 2.15. The number of aromatic nitrogens is 2. The van der Waals surface area contributed by atoms with Gasteiger partial charge >= 0.3 is 0 Å². The summed E-state index contributed by atoms with van der Waals surface area (Å²) < 4.78 is 7.29. The van der Waals surface area contributed by atoms with Gasteiger partial charge in [-0.05, 0) is 66.9 Å². The van der Waals surface area contributed by atoms with E-state index >= 15 is 0 Å². The van der Waals surface area contributed by atoms with Crippen LogP contribution in [0.25, 0.3) is 16.6 Å². The zero-order valence-electron chi connectivity index (χ0n) is 21.0. The number of hydrogen-bond donors (Lipinski definition) is 1. The van der Waals surface area contributed by atoms with Gasteiger partial charge in [0.05, 0.1) is 35.2 Å². The number of ether oxygens (including phenoxy) is 1. The standard InChI is InChI=1S/C29H30N4O3S/c1-3-4-9-18-36-23-16-14-22(15-17-23)19-30-32-27(34)20-37-29-31-25-12-7-6-11-24(25)28(35)33(29)26-13-8-5-10-21(26)2/h5-8,10-17,19H,3-4,9,18,20H2,1-2H3,(H,32,34). The second kappa shape index (κ2) is 12.9. The lowest BCUT2D eigenvalue weighted by Crippen LogP contribution is -2.24. The lowest BCUT2D eigenvalue weighted by Gasteiger charge is -2.14. The Labute approximate surface area is 220 Å². The largest absolute Gasteiger partial charge is 0.494 e. The molecule has 0 fully saturated rings. The third-order valence-electron chi connectivity index (χ3n) is 5.73. The van der Waals surface area contributed by atoms with Crippen molar-refractivity contribution >= 4 is 34.8 Å². The van der Waals surface area contributed by atoms with Gasteiger partial charge in [0.25, 0.3) is 11.5 Å². The van der Waals surface area contributed by atoms with Gasteiger partial charge in [0.2, 0.25) is 0 Å². The highest BCUT2D eigenvalue weighted by molar-refractivity contribution is 7.99. The summed E-state index contributed by atoms with van der Waals surface area (Å²) in [5.41, 5.74) is 5.50. The maximum absolute atomic E-state index is 13.4. The molecule has 1 amide bonds. The Morgan fingerprint density at radius 1 is 1.05 bits per heavy atom. The summed E-state index contributed by atoms with van der Waals surface area (Å²) >= 11 is 1.20. The first-order chi connectivity index (χ1) is 18.1. The number of benzene rings is 3. The molecule has 0 spiro atoms. The molecule has 0 atom stereocenters. The summed E-state index contributed by atoms with van der Waals surface area (Å²) in [7, 11) is 0. The van der Waals surface area contributed by atoms with E-state index in [4.69, 9.17) is 4.74 Å². The number of para-hydroxylation sites is 2. The van der Waals surface area contributed by atoms with Crippen LogP contribution >= 0.6 is 11.8 Å². The quantitative estimate of drug-likeness (QED) is 0.0938. The topological polar surface area (TPSA) is 85.6 Å². The molecule has 4 aromatic rings. The Morgan fingerprint density at radius 3 is 2.59 bits per heavy atom. The van der Waals surface area contributed by atoms with E-state index in [-0.39, 0.29) is 17.2 Å². The number of fused-ring (bicyclic) bond motifs is 1. The fraction of sp³-hybridized carbons (Fsp3) is 0.241. The number of unbranched alkanes of at least 4 members (excludes halogenated alkanes) is 2. The molecule has 0 aliphatic carbocycles. The summed E-state index contributed by atoms with van der Waals surface area (Å²) in [5, 5.41) is 5.04. The molecule has 0 saturated carbocycles. The predicted octanol–water partition coefficient (Wildman–Crippen LogP) is 5.51. The van der Waals surface area contributed by atoms with Crippen molar-refractivity contribution in [1.29, 1.82) is 0 Å². The fourth-order valence-electron chi connectivity index (χ4n) is 3.77. The molecule has 0 saturated heterocycles. The number of rotatable bonds is 11. The van der Waals surface area contributed by atoms with E-state index in [0.29, 0.717) is 22.7 Å². The summed E-state index contributed by atoms with van der Waals surface area (Å²) in [5.74, 6) is 0.575. The maximum atomic E-state index is 13.4. The highest BCUT2D eigenvalue weighted by atomic mass is 32.2. The molecular formula is C29H30N4O3S. The summed E-state index contributed by atoms with van der Waals surface area (Å²) in [6, 6.07) is 22.4. The molecule has 0 radical (unpaired) electrons. The van der Waals surface area contributed by atoms with Gasteiger partial charge in [-0.15, -0.1) is 0 Å². The van der Waals surface area contributed by atoms with Crippen LogP contribution in [0.2, 0.25) is 0 Å². The average molecular weight is 515 g/mol. The average Bonchev–Trinajstić information content (AvgIpc) is 2.91. The monoisotopic (exact) mass is 514 g/mol. The van der Waals surface area contributed by atoms with E-state index in [9.17, 15) is 9.59 Å². The lowest BCUT2D eigenvalue weighted by atomic mass is 10.2. The molecule has 1 N–H and O–H groups in total. The number of aryl methyl sites for hydroxylation is 1. The molecule has 4 rings (SSSR count). The summed E-state index contributed by atoms with van der Waals surface area (Å²) in [6.45, 7) is 4.81. The number of nitrogens with zero attached hydrogens (tertiary/aromatic N) is 3. The molecule has 7 nitrogen and oxygen atoms in total. The lowest BCUT2D eigenvalue weighted by molar-refractivity contribution is -0.118. The summed E-state index contributed by atoms with van der Waals surface area (Å²) in [6.07, 6.45) is 4.94. The van der Waals surface area contributed by atoms with Crippen LogP contribution in [0.15, 0.2) is 87.8 Å². The number of thioether (sulfide) groups is 1. The van der Waals surface area contributed by atoms with Crippen LogP contribution in [0.5, 0.6) is 5.75 Å². The Morgan fingerprint density at radius 2 is 1.81 bits per heavy atom. The van der Waals surface area contributed by atoms with Gasteiger partial charge < -0.3 is 4.74 Å². The fourth-order valence-corrected chi connectivity index (χ4v) is 4.57. The number of nitrogens with one attached hydrogen (secondary N) is 1. The van der Waals surface area contributed by atoms with Crippen molar-refractivity contribution in [3.05, 3.63) is 94.3 Å². The molecule has 0 aliphatic rings. The van der Waals surface area contributed by atoms with Crippen molar-refractivity contribution in [3.8, 4) is 11.4 Å². The normalized spacial score (nSPS) is 11.2. The minimum Gasteiger partial charge on any atom is -0.494 e. The van der Waals surface area contributed by atoms with Crippen molar-refractivity contribution in [3.63, 3.8) is 0 Å². The van der Waals surface area contributed by atoms with Gasteiger partial charge in [0, 0.05) is 0 Å². The minimum atomic E-state index is -0.295. The predicted molar refractivity (Wildman–Crippen MR) is 150 cm³/mol. The van der Waals surface area contributed by atoms with Gasteiger partial charge in [0.1, 0.15) is 5.75 Å². The minimum absolute atomic E-state index is 0.0541. The third-order valence-corrected chi connectivity index (χ3v) is 6.67. The number of amides is 1. The molecule has 1 heterocycles. The van der Waals surface area contributed by atoms with Crippen LogP contribution in [0, 0.1) is 6.92 Å². The Balaban J connectivity index is 1.42. The van der Waals surface area contributed by atoms with Crippen molar-refractivity contribution in [1.82, 2.24) is 15.0 Å². The Hall–Kier alpha value is -3.91. The Bertz CT molecular complexity index is 1450. The number of carbonyl (C=O) groups is 1. The van der Waals surface area contributed by atoms with Crippen molar-refractivity contribution < 1.29 is 9.53 Å². The highest BCUT2D eigenvalue weighted by Crippen LogP contribution is 2.23.